The van der Waals surface area contributed by atoms with Crippen molar-refractivity contribution in [2.24, 2.45) is 11.7 Å². The maximum atomic E-state index is 12.5. The number of nitrogen functional groups attached to an aromatic ring is 1. The molecular weight excluding hydrogens is 354 g/mol. The Morgan fingerprint density at radius 3 is 2.81 bits per heavy atom. The molecule has 148 valence electrons. The molecule has 0 saturated carbocycles. The topological polar surface area (TPSA) is 174 Å². The summed E-state index contributed by atoms with van der Waals surface area (Å²) >= 11 is 0. The summed E-state index contributed by atoms with van der Waals surface area (Å²) in [5.41, 5.74) is 12.5. The zero-order valence-electron chi connectivity index (χ0n) is 15.2. The lowest BCUT2D eigenvalue weighted by atomic mass is 10.0. The average Bonchev–Trinajstić information content (AvgIpc) is 3.17. The summed E-state index contributed by atoms with van der Waals surface area (Å²) in [5.74, 6) is 0.0443. The lowest BCUT2D eigenvalue weighted by molar-refractivity contribution is -0.124. The molecule has 7 N–H and O–H groups in total. The number of carbonyl (C=O) groups is 1. The Balaban J connectivity index is 1.89. The predicted octanol–water partition coefficient (Wildman–Crippen LogP) is -1.48. The maximum Gasteiger partial charge on any atom is 0.237 e. The number of rotatable bonds is 6. The quantitative estimate of drug-likeness (QED) is 0.401. The van der Waals surface area contributed by atoms with Crippen LogP contribution in [0.3, 0.4) is 0 Å². The van der Waals surface area contributed by atoms with Gasteiger partial charge < -0.3 is 31.7 Å². The number of imidazole rings is 1. The van der Waals surface area contributed by atoms with Gasteiger partial charge in [-0.3, -0.25) is 9.36 Å². The fourth-order valence-electron chi connectivity index (χ4n) is 3.23. The molecule has 1 amide bonds. The van der Waals surface area contributed by atoms with E-state index in [1.165, 1.54) is 12.7 Å². The van der Waals surface area contributed by atoms with Crippen molar-refractivity contribution in [1.29, 1.82) is 0 Å². The van der Waals surface area contributed by atoms with Gasteiger partial charge in [0.25, 0.3) is 0 Å². The molecule has 3 unspecified atom stereocenters. The van der Waals surface area contributed by atoms with Gasteiger partial charge in [-0.2, -0.15) is 0 Å². The molecule has 1 saturated heterocycles. The standard InChI is InChI=1S/C16H25N7O4/c1-7(2)3-8(17)15(26)22-10-12(25)9(4-24)27-16(10)23-6-21-11-13(18)19-5-20-14(11)23/h5-10,12,16,24-25H,3-4,17H2,1-2H3,(H,22,26)(H2,18,19,20)/t8?,9-,10?,12?,16-/m1/s1. The summed E-state index contributed by atoms with van der Waals surface area (Å²) in [6, 6.07) is -1.56. The maximum absolute atomic E-state index is 12.5. The minimum Gasteiger partial charge on any atom is -0.394 e. The smallest absolute Gasteiger partial charge is 0.237 e. The Morgan fingerprint density at radius 1 is 1.41 bits per heavy atom. The first-order valence-corrected chi connectivity index (χ1v) is 8.76. The average molecular weight is 379 g/mol. The van der Waals surface area contributed by atoms with E-state index in [9.17, 15) is 15.0 Å². The van der Waals surface area contributed by atoms with E-state index in [-0.39, 0.29) is 11.7 Å². The molecule has 3 rings (SSSR count). The summed E-state index contributed by atoms with van der Waals surface area (Å²) in [6.45, 7) is 3.52. The van der Waals surface area contributed by atoms with Crippen LogP contribution >= 0.6 is 0 Å². The Morgan fingerprint density at radius 2 is 2.15 bits per heavy atom. The first-order valence-electron chi connectivity index (χ1n) is 8.76. The van der Waals surface area contributed by atoms with E-state index < -0.39 is 43.0 Å². The van der Waals surface area contributed by atoms with Crippen LogP contribution in [0.25, 0.3) is 11.2 Å². The number of aliphatic hydroxyl groups excluding tert-OH is 2. The van der Waals surface area contributed by atoms with E-state index >= 15 is 0 Å². The molecule has 3 heterocycles. The van der Waals surface area contributed by atoms with Crippen LogP contribution in [0.4, 0.5) is 5.82 Å². The molecule has 1 aliphatic rings. The highest BCUT2D eigenvalue weighted by atomic mass is 16.5. The van der Waals surface area contributed by atoms with E-state index in [2.05, 4.69) is 20.3 Å². The molecule has 0 aliphatic carbocycles. The number of carbonyl (C=O) groups excluding carboxylic acids is 1. The van der Waals surface area contributed by atoms with E-state index in [4.69, 9.17) is 16.2 Å². The van der Waals surface area contributed by atoms with E-state index in [0.29, 0.717) is 17.6 Å². The summed E-state index contributed by atoms with van der Waals surface area (Å²) in [5, 5.41) is 22.8. The van der Waals surface area contributed by atoms with Crippen LogP contribution in [-0.2, 0) is 9.53 Å². The number of nitrogens with one attached hydrogen (secondary N) is 1. The third kappa shape index (κ3) is 3.72. The largest absolute Gasteiger partial charge is 0.394 e. The molecule has 2 aromatic rings. The van der Waals surface area contributed by atoms with Crippen LogP contribution in [0.15, 0.2) is 12.7 Å². The van der Waals surface area contributed by atoms with Crippen LogP contribution in [-0.4, -0.2) is 66.5 Å². The van der Waals surface area contributed by atoms with Crippen molar-refractivity contribution in [2.75, 3.05) is 12.3 Å². The lowest BCUT2D eigenvalue weighted by Gasteiger charge is -2.24. The zero-order chi connectivity index (χ0) is 19.7. The van der Waals surface area contributed by atoms with Crippen molar-refractivity contribution < 1.29 is 19.7 Å². The number of hydrogen-bond acceptors (Lipinski definition) is 9. The molecule has 5 atom stereocenters. The summed E-state index contributed by atoms with van der Waals surface area (Å²) in [6.07, 6.45) is 0.384. The number of fused-ring (bicyclic) bond motifs is 1. The second-order valence-electron chi connectivity index (χ2n) is 7.09. The molecule has 11 nitrogen and oxygen atoms in total. The molecule has 1 aliphatic heterocycles. The minimum absolute atomic E-state index is 0.204. The van der Waals surface area contributed by atoms with Gasteiger partial charge in [0.2, 0.25) is 5.91 Å². The van der Waals surface area contributed by atoms with E-state index in [1.807, 2.05) is 13.8 Å². The monoisotopic (exact) mass is 379 g/mol. The Kier molecular flexibility index (Phi) is 5.56. The van der Waals surface area contributed by atoms with Crippen LogP contribution in [0.1, 0.15) is 26.5 Å². The Labute approximate surface area is 155 Å². The van der Waals surface area contributed by atoms with Gasteiger partial charge in [-0.15, -0.1) is 0 Å². The van der Waals surface area contributed by atoms with Gasteiger partial charge in [0.1, 0.15) is 30.1 Å². The first kappa shape index (κ1) is 19.4. The lowest BCUT2D eigenvalue weighted by Crippen LogP contribution is -2.52. The van der Waals surface area contributed by atoms with Gasteiger partial charge in [-0.1, -0.05) is 13.8 Å². The third-order valence-corrected chi connectivity index (χ3v) is 4.58. The second-order valence-corrected chi connectivity index (χ2v) is 7.09. The normalized spacial score (nSPS) is 26.6. The van der Waals surface area contributed by atoms with Gasteiger partial charge >= 0.3 is 0 Å². The Hall–Kier alpha value is -2.34. The predicted molar refractivity (Wildman–Crippen MR) is 96.1 cm³/mol. The number of aromatic nitrogens is 4. The summed E-state index contributed by atoms with van der Waals surface area (Å²) in [4.78, 5) is 24.7. The molecular formula is C16H25N7O4. The van der Waals surface area contributed by atoms with Gasteiger partial charge in [0.05, 0.1) is 19.0 Å². The van der Waals surface area contributed by atoms with Gasteiger partial charge in [-0.25, -0.2) is 15.0 Å². The van der Waals surface area contributed by atoms with Crippen LogP contribution in [0, 0.1) is 5.92 Å². The van der Waals surface area contributed by atoms with Crippen molar-refractivity contribution in [3.05, 3.63) is 12.7 Å². The van der Waals surface area contributed by atoms with Crippen LogP contribution in [0.2, 0.25) is 0 Å². The molecule has 0 radical (unpaired) electrons. The summed E-state index contributed by atoms with van der Waals surface area (Å²) in [7, 11) is 0. The molecule has 11 heteroatoms. The fourth-order valence-corrected chi connectivity index (χ4v) is 3.23. The minimum atomic E-state index is -1.13. The summed E-state index contributed by atoms with van der Waals surface area (Å²) < 4.78 is 7.30. The highest BCUT2D eigenvalue weighted by Crippen LogP contribution is 2.32. The molecule has 27 heavy (non-hydrogen) atoms. The number of amides is 1. The first-order chi connectivity index (χ1) is 12.8. The van der Waals surface area contributed by atoms with Gasteiger partial charge in [0, 0.05) is 0 Å². The molecule has 2 aromatic heterocycles. The van der Waals surface area contributed by atoms with Crippen molar-refractivity contribution in [3.63, 3.8) is 0 Å². The van der Waals surface area contributed by atoms with Crippen molar-refractivity contribution >= 4 is 22.9 Å². The number of nitrogens with zero attached hydrogens (tertiary/aromatic N) is 4. The number of nitrogens with two attached hydrogens (primary N) is 2. The Bertz CT molecular complexity index is 811. The van der Waals surface area contributed by atoms with Crippen LogP contribution in [0.5, 0.6) is 0 Å². The van der Waals surface area contributed by atoms with Gasteiger partial charge in [-0.05, 0) is 12.3 Å². The van der Waals surface area contributed by atoms with Crippen molar-refractivity contribution in [1.82, 2.24) is 24.8 Å². The highest BCUT2D eigenvalue weighted by Gasteiger charge is 2.46. The van der Waals surface area contributed by atoms with Gasteiger partial charge in [0.15, 0.2) is 17.7 Å². The molecule has 0 aromatic carbocycles. The number of hydrogen-bond donors (Lipinski definition) is 5. The molecule has 0 bridgehead atoms. The number of anilines is 1. The highest BCUT2D eigenvalue weighted by molar-refractivity contribution is 5.82. The van der Waals surface area contributed by atoms with Crippen molar-refractivity contribution in [2.45, 2.75) is 50.8 Å². The van der Waals surface area contributed by atoms with Crippen LogP contribution < -0.4 is 16.8 Å². The zero-order valence-corrected chi connectivity index (χ0v) is 15.2. The second kappa shape index (κ2) is 7.72. The fraction of sp³-hybridized carbons (Fsp3) is 0.625. The number of aliphatic hydroxyl groups is 2. The van der Waals surface area contributed by atoms with Crippen molar-refractivity contribution in [3.8, 4) is 0 Å². The van der Waals surface area contributed by atoms with E-state index in [0.717, 1.165) is 0 Å². The molecule has 0 spiro atoms. The molecule has 1 fully saturated rings. The van der Waals surface area contributed by atoms with E-state index in [1.54, 1.807) is 4.57 Å². The SMILES string of the molecule is CC(C)CC(N)C(=O)NC1C(O)[C@@H](CO)O[C@H]1n1cnc2c(N)ncnc21. The number of ether oxygens (including phenoxy) is 1. The third-order valence-electron chi connectivity index (χ3n) is 4.58.